The Bertz CT molecular complexity index is 497. The SMILES string of the molecule is C/C(=C\CCCC(C)C)c1ccc(/C(C)=C/CCC(C)C)cc1. The van der Waals surface area contributed by atoms with Crippen molar-refractivity contribution < 1.29 is 0 Å². The lowest BCUT2D eigenvalue weighted by Crippen LogP contribution is -1.87. The van der Waals surface area contributed by atoms with E-state index in [0.29, 0.717) is 0 Å². The highest BCUT2D eigenvalue weighted by atomic mass is 14.1. The van der Waals surface area contributed by atoms with Gasteiger partial charge in [0.05, 0.1) is 0 Å². The summed E-state index contributed by atoms with van der Waals surface area (Å²) >= 11 is 0. The minimum absolute atomic E-state index is 0.782. The zero-order chi connectivity index (χ0) is 17.2. The summed E-state index contributed by atoms with van der Waals surface area (Å²) in [5.74, 6) is 1.60. The fourth-order valence-electron chi connectivity index (χ4n) is 2.71. The molecule has 0 N–H and O–H groups in total. The van der Waals surface area contributed by atoms with E-state index in [4.69, 9.17) is 0 Å². The van der Waals surface area contributed by atoms with Crippen LogP contribution in [0.2, 0.25) is 0 Å². The van der Waals surface area contributed by atoms with Gasteiger partial charge in [0, 0.05) is 0 Å². The highest BCUT2D eigenvalue weighted by molar-refractivity contribution is 5.68. The second kappa shape index (κ2) is 10.5. The Kier molecular flexibility index (Phi) is 8.99. The van der Waals surface area contributed by atoms with Crippen LogP contribution in [-0.2, 0) is 0 Å². The maximum atomic E-state index is 2.39. The van der Waals surface area contributed by atoms with Crippen molar-refractivity contribution in [2.45, 2.75) is 73.6 Å². The lowest BCUT2D eigenvalue weighted by atomic mass is 9.99. The Morgan fingerprint density at radius 2 is 1.17 bits per heavy atom. The fourth-order valence-corrected chi connectivity index (χ4v) is 2.71. The quantitative estimate of drug-likeness (QED) is 0.409. The molecule has 0 bridgehead atoms. The maximum Gasteiger partial charge on any atom is -0.0230 e. The first-order valence-corrected chi connectivity index (χ1v) is 9.34. The van der Waals surface area contributed by atoms with Crippen LogP contribution in [0.4, 0.5) is 0 Å². The first-order chi connectivity index (χ1) is 10.9. The molecule has 1 rings (SSSR count). The van der Waals surface area contributed by atoms with Gasteiger partial charge in [0.15, 0.2) is 0 Å². The van der Waals surface area contributed by atoms with Crippen LogP contribution < -0.4 is 0 Å². The molecule has 0 nitrogen and oxygen atoms in total. The standard InChI is InChI=1S/C23H36/c1-18(2)10-7-8-12-20(5)22-14-16-23(17-15-22)21(6)13-9-11-19(3)4/h12-19H,7-11H2,1-6H3/b20-12+,21-13+. The van der Waals surface area contributed by atoms with Crippen molar-refractivity contribution in [2.75, 3.05) is 0 Å². The number of hydrogen-bond acceptors (Lipinski definition) is 0. The molecule has 0 saturated carbocycles. The van der Waals surface area contributed by atoms with E-state index in [0.717, 1.165) is 11.8 Å². The van der Waals surface area contributed by atoms with Gasteiger partial charge in [-0.1, -0.05) is 70.5 Å². The van der Waals surface area contributed by atoms with Crippen LogP contribution in [0.5, 0.6) is 0 Å². The second-order valence-electron chi connectivity index (χ2n) is 7.65. The van der Waals surface area contributed by atoms with Crippen LogP contribution in [0, 0.1) is 11.8 Å². The number of unbranched alkanes of at least 4 members (excludes halogenated alkanes) is 1. The smallest absolute Gasteiger partial charge is 0.0230 e. The molecule has 0 atom stereocenters. The highest BCUT2D eigenvalue weighted by Gasteiger charge is 2.00. The van der Waals surface area contributed by atoms with E-state index < -0.39 is 0 Å². The fraction of sp³-hybridized carbons (Fsp3) is 0.565. The summed E-state index contributed by atoms with van der Waals surface area (Å²) in [5, 5.41) is 0. The molecule has 0 spiro atoms. The van der Waals surface area contributed by atoms with Crippen LogP contribution in [0.1, 0.15) is 84.8 Å². The van der Waals surface area contributed by atoms with Gasteiger partial charge in [-0.15, -0.1) is 0 Å². The third-order valence-electron chi connectivity index (χ3n) is 4.43. The average Bonchev–Trinajstić information content (AvgIpc) is 2.51. The van der Waals surface area contributed by atoms with E-state index in [1.54, 1.807) is 0 Å². The van der Waals surface area contributed by atoms with Gasteiger partial charge in [-0.2, -0.15) is 0 Å². The first-order valence-electron chi connectivity index (χ1n) is 9.34. The largest absolute Gasteiger partial charge is 0.0810 e. The molecule has 0 aliphatic carbocycles. The van der Waals surface area contributed by atoms with Crippen molar-refractivity contribution in [2.24, 2.45) is 11.8 Å². The van der Waals surface area contributed by atoms with Crippen LogP contribution in [0.3, 0.4) is 0 Å². The Labute approximate surface area is 144 Å². The summed E-state index contributed by atoms with van der Waals surface area (Å²) < 4.78 is 0. The molecular weight excluding hydrogens is 276 g/mol. The van der Waals surface area contributed by atoms with Crippen LogP contribution in [-0.4, -0.2) is 0 Å². The molecule has 128 valence electrons. The lowest BCUT2D eigenvalue weighted by Gasteiger charge is -2.07. The molecule has 0 unspecified atom stereocenters. The van der Waals surface area contributed by atoms with Gasteiger partial charge in [-0.3, -0.25) is 0 Å². The molecule has 0 aliphatic rings. The summed E-state index contributed by atoms with van der Waals surface area (Å²) in [4.78, 5) is 0. The van der Waals surface area contributed by atoms with E-state index in [2.05, 4.69) is 78.0 Å². The van der Waals surface area contributed by atoms with Crippen molar-refractivity contribution >= 4 is 11.1 Å². The van der Waals surface area contributed by atoms with E-state index >= 15 is 0 Å². The van der Waals surface area contributed by atoms with Gasteiger partial charge in [0.1, 0.15) is 0 Å². The summed E-state index contributed by atoms with van der Waals surface area (Å²) in [5.41, 5.74) is 5.51. The lowest BCUT2D eigenvalue weighted by molar-refractivity contribution is 0.560. The van der Waals surface area contributed by atoms with Gasteiger partial charge < -0.3 is 0 Å². The molecule has 0 saturated heterocycles. The Morgan fingerprint density at radius 3 is 1.61 bits per heavy atom. The third-order valence-corrected chi connectivity index (χ3v) is 4.43. The normalized spacial score (nSPS) is 13.2. The molecule has 1 aromatic carbocycles. The summed E-state index contributed by atoms with van der Waals surface area (Å²) in [6.07, 6.45) is 11.0. The molecule has 0 heterocycles. The average molecular weight is 313 g/mol. The number of rotatable bonds is 9. The molecule has 0 radical (unpaired) electrons. The molecule has 0 amide bonds. The Balaban J connectivity index is 2.59. The van der Waals surface area contributed by atoms with E-state index in [-0.39, 0.29) is 0 Å². The van der Waals surface area contributed by atoms with Crippen LogP contribution in [0.25, 0.3) is 11.1 Å². The van der Waals surface area contributed by atoms with Crippen molar-refractivity contribution in [3.8, 4) is 0 Å². The molecule has 0 fully saturated rings. The van der Waals surface area contributed by atoms with Gasteiger partial charge in [0.25, 0.3) is 0 Å². The monoisotopic (exact) mass is 312 g/mol. The summed E-state index contributed by atoms with van der Waals surface area (Å²) in [6, 6.07) is 9.07. The van der Waals surface area contributed by atoms with E-state index in [1.165, 1.54) is 54.4 Å². The number of allylic oxidation sites excluding steroid dienone is 4. The predicted molar refractivity (Wildman–Crippen MR) is 107 cm³/mol. The molecule has 0 aliphatic heterocycles. The van der Waals surface area contributed by atoms with Gasteiger partial charge in [0.2, 0.25) is 0 Å². The molecule has 0 heteroatoms. The predicted octanol–water partition coefficient (Wildman–Crippen LogP) is 7.76. The van der Waals surface area contributed by atoms with E-state index in [9.17, 15) is 0 Å². The number of hydrogen-bond donors (Lipinski definition) is 0. The van der Waals surface area contributed by atoms with Gasteiger partial charge >= 0.3 is 0 Å². The van der Waals surface area contributed by atoms with Crippen molar-refractivity contribution in [1.29, 1.82) is 0 Å². The third kappa shape index (κ3) is 8.21. The molecule has 1 aromatic rings. The molecule has 0 aromatic heterocycles. The minimum Gasteiger partial charge on any atom is -0.0810 e. The minimum atomic E-state index is 0.782. The summed E-state index contributed by atoms with van der Waals surface area (Å²) in [7, 11) is 0. The zero-order valence-electron chi connectivity index (χ0n) is 16.2. The zero-order valence-corrected chi connectivity index (χ0v) is 16.2. The van der Waals surface area contributed by atoms with Crippen LogP contribution >= 0.6 is 0 Å². The topological polar surface area (TPSA) is 0 Å². The maximum absolute atomic E-state index is 2.39. The molecule has 23 heavy (non-hydrogen) atoms. The highest BCUT2D eigenvalue weighted by Crippen LogP contribution is 2.21. The Morgan fingerprint density at radius 1 is 0.739 bits per heavy atom. The van der Waals surface area contributed by atoms with Gasteiger partial charge in [-0.05, 0) is 73.6 Å². The van der Waals surface area contributed by atoms with Crippen molar-refractivity contribution in [3.05, 3.63) is 47.5 Å². The number of benzene rings is 1. The second-order valence-corrected chi connectivity index (χ2v) is 7.65. The van der Waals surface area contributed by atoms with Crippen molar-refractivity contribution in [1.82, 2.24) is 0 Å². The van der Waals surface area contributed by atoms with E-state index in [1.807, 2.05) is 0 Å². The Hall–Kier alpha value is -1.30. The van der Waals surface area contributed by atoms with Gasteiger partial charge in [-0.25, -0.2) is 0 Å². The van der Waals surface area contributed by atoms with Crippen molar-refractivity contribution in [3.63, 3.8) is 0 Å². The van der Waals surface area contributed by atoms with Crippen LogP contribution in [0.15, 0.2) is 36.4 Å². The summed E-state index contributed by atoms with van der Waals surface area (Å²) in [6.45, 7) is 13.6. The first kappa shape index (κ1) is 19.7. The molecular formula is C23H36.